The molecule has 0 fully saturated rings. The topological polar surface area (TPSA) is 34.1 Å². The van der Waals surface area contributed by atoms with Gasteiger partial charge < -0.3 is 4.79 Å². The zero-order chi connectivity index (χ0) is 9.56. The molecule has 0 atom stereocenters. The second-order valence-electron chi connectivity index (χ2n) is 3.23. The molecule has 0 saturated carbocycles. The van der Waals surface area contributed by atoms with E-state index in [0.717, 1.165) is 5.57 Å². The first kappa shape index (κ1) is 11.1. The van der Waals surface area contributed by atoms with Gasteiger partial charge in [0.25, 0.3) is 0 Å². The number of rotatable bonds is 6. The minimum atomic E-state index is 0.151. The van der Waals surface area contributed by atoms with Crippen molar-refractivity contribution in [3.05, 3.63) is 12.2 Å². The van der Waals surface area contributed by atoms with Crippen LogP contribution in [0.5, 0.6) is 0 Å². The van der Waals surface area contributed by atoms with Crippen LogP contribution in [0.15, 0.2) is 12.2 Å². The van der Waals surface area contributed by atoms with E-state index >= 15 is 0 Å². The van der Waals surface area contributed by atoms with Gasteiger partial charge in [-0.05, 0) is 20.3 Å². The number of carbonyl (C=O) groups is 2. The Labute approximate surface area is 73.7 Å². The summed E-state index contributed by atoms with van der Waals surface area (Å²) in [6, 6.07) is 0. The lowest BCUT2D eigenvalue weighted by Crippen LogP contribution is -1.99. The molecule has 0 amide bonds. The van der Waals surface area contributed by atoms with Crippen molar-refractivity contribution in [1.82, 2.24) is 0 Å². The smallest absolute Gasteiger partial charge is 0.136 e. The summed E-state index contributed by atoms with van der Waals surface area (Å²) in [5, 5.41) is 0. The highest BCUT2D eigenvalue weighted by Gasteiger charge is 2.02. The van der Waals surface area contributed by atoms with Crippen LogP contribution in [0.25, 0.3) is 0 Å². The first-order chi connectivity index (χ1) is 5.52. The molecule has 0 bridgehead atoms. The van der Waals surface area contributed by atoms with Crippen molar-refractivity contribution in [2.75, 3.05) is 0 Å². The third-order valence-corrected chi connectivity index (χ3v) is 1.48. The van der Waals surface area contributed by atoms with E-state index in [1.807, 2.05) is 6.92 Å². The predicted octanol–water partition coefficient (Wildman–Crippen LogP) is 2.28. The number of allylic oxidation sites excluding steroid dienone is 1. The lowest BCUT2D eigenvalue weighted by molar-refractivity contribution is -0.119. The Bertz CT molecular complexity index is 192. The fourth-order valence-electron chi connectivity index (χ4n) is 0.959. The molecule has 0 spiro atoms. The molecule has 0 rings (SSSR count). The van der Waals surface area contributed by atoms with Gasteiger partial charge in [-0.15, -0.1) is 0 Å². The average Bonchev–Trinajstić information content (AvgIpc) is 1.84. The largest absolute Gasteiger partial charge is 0.300 e. The minimum Gasteiger partial charge on any atom is -0.300 e. The Kier molecular flexibility index (Phi) is 5.26. The van der Waals surface area contributed by atoms with Crippen molar-refractivity contribution in [3.63, 3.8) is 0 Å². The highest BCUT2D eigenvalue weighted by Crippen LogP contribution is 2.04. The molecule has 0 N–H and O–H groups in total. The maximum Gasteiger partial charge on any atom is 0.136 e. The van der Waals surface area contributed by atoms with Gasteiger partial charge in [0.1, 0.15) is 11.6 Å². The van der Waals surface area contributed by atoms with Gasteiger partial charge in [-0.1, -0.05) is 12.2 Å². The standard InChI is InChI=1S/C10H16O2/c1-8(2)7-10(12)6-4-5-9(3)11/h1,4-7H2,2-3H3. The minimum absolute atomic E-state index is 0.151. The van der Waals surface area contributed by atoms with E-state index in [-0.39, 0.29) is 11.6 Å². The van der Waals surface area contributed by atoms with Crippen molar-refractivity contribution in [2.45, 2.75) is 39.5 Å². The summed E-state index contributed by atoms with van der Waals surface area (Å²) >= 11 is 0. The monoisotopic (exact) mass is 168 g/mol. The van der Waals surface area contributed by atoms with Crippen LogP contribution in [-0.2, 0) is 9.59 Å². The number of Topliss-reactive ketones (excluding diaryl/α,β-unsaturated/α-hetero) is 2. The highest BCUT2D eigenvalue weighted by atomic mass is 16.1. The van der Waals surface area contributed by atoms with Crippen LogP contribution < -0.4 is 0 Å². The van der Waals surface area contributed by atoms with Crippen molar-refractivity contribution in [1.29, 1.82) is 0 Å². The molecule has 0 aliphatic heterocycles. The number of carbonyl (C=O) groups excluding carboxylic acids is 2. The molecule has 68 valence electrons. The van der Waals surface area contributed by atoms with Gasteiger partial charge in [-0.2, -0.15) is 0 Å². The Hall–Kier alpha value is -0.920. The summed E-state index contributed by atoms with van der Waals surface area (Å²) in [5.41, 5.74) is 0.892. The molecule has 0 heterocycles. The van der Waals surface area contributed by atoms with Gasteiger partial charge in [-0.3, -0.25) is 4.79 Å². The molecular formula is C10H16O2. The van der Waals surface area contributed by atoms with Crippen molar-refractivity contribution in [2.24, 2.45) is 0 Å². The van der Waals surface area contributed by atoms with E-state index in [1.54, 1.807) is 6.92 Å². The first-order valence-corrected chi connectivity index (χ1v) is 4.18. The van der Waals surface area contributed by atoms with Crippen LogP contribution in [0.2, 0.25) is 0 Å². The number of hydrogen-bond donors (Lipinski definition) is 0. The Morgan fingerprint density at radius 2 is 1.75 bits per heavy atom. The predicted molar refractivity (Wildman–Crippen MR) is 49.0 cm³/mol. The molecule has 0 aliphatic rings. The van der Waals surface area contributed by atoms with Gasteiger partial charge in [0, 0.05) is 19.3 Å². The van der Waals surface area contributed by atoms with E-state index in [1.165, 1.54) is 0 Å². The van der Waals surface area contributed by atoms with Gasteiger partial charge in [0.2, 0.25) is 0 Å². The van der Waals surface area contributed by atoms with E-state index in [4.69, 9.17) is 0 Å². The first-order valence-electron chi connectivity index (χ1n) is 4.18. The fraction of sp³-hybridized carbons (Fsp3) is 0.600. The summed E-state index contributed by atoms with van der Waals surface area (Å²) in [7, 11) is 0. The van der Waals surface area contributed by atoms with Crippen LogP contribution in [0.4, 0.5) is 0 Å². The van der Waals surface area contributed by atoms with Crippen molar-refractivity contribution < 1.29 is 9.59 Å². The van der Waals surface area contributed by atoms with E-state index < -0.39 is 0 Å². The second kappa shape index (κ2) is 5.70. The third kappa shape index (κ3) is 7.19. The Morgan fingerprint density at radius 3 is 2.17 bits per heavy atom. The number of ketones is 2. The molecule has 0 radical (unpaired) electrons. The maximum absolute atomic E-state index is 11.1. The summed E-state index contributed by atoms with van der Waals surface area (Å²) in [6.07, 6.45) is 2.16. The summed E-state index contributed by atoms with van der Waals surface area (Å²) in [5.74, 6) is 0.335. The van der Waals surface area contributed by atoms with Gasteiger partial charge >= 0.3 is 0 Å². The van der Waals surface area contributed by atoms with Crippen LogP contribution in [0.1, 0.15) is 39.5 Å². The zero-order valence-corrected chi connectivity index (χ0v) is 7.85. The molecule has 0 aliphatic carbocycles. The average molecular weight is 168 g/mol. The quantitative estimate of drug-likeness (QED) is 0.570. The second-order valence-corrected chi connectivity index (χ2v) is 3.23. The Morgan fingerprint density at radius 1 is 1.17 bits per heavy atom. The summed E-state index contributed by atoms with van der Waals surface area (Å²) in [6.45, 7) is 7.03. The third-order valence-electron chi connectivity index (χ3n) is 1.48. The molecule has 0 aromatic heterocycles. The summed E-state index contributed by atoms with van der Waals surface area (Å²) < 4.78 is 0. The molecule has 12 heavy (non-hydrogen) atoms. The lowest BCUT2D eigenvalue weighted by Gasteiger charge is -1.98. The van der Waals surface area contributed by atoms with E-state index in [0.29, 0.717) is 25.7 Å². The molecular weight excluding hydrogens is 152 g/mol. The van der Waals surface area contributed by atoms with Gasteiger partial charge in [0.05, 0.1) is 0 Å². The number of hydrogen-bond acceptors (Lipinski definition) is 2. The van der Waals surface area contributed by atoms with E-state index in [2.05, 4.69) is 6.58 Å². The SMILES string of the molecule is C=C(C)CC(=O)CCCC(C)=O. The molecule has 2 heteroatoms. The van der Waals surface area contributed by atoms with Crippen molar-refractivity contribution >= 4 is 11.6 Å². The molecule has 0 unspecified atom stereocenters. The Balaban J connectivity index is 3.44. The highest BCUT2D eigenvalue weighted by molar-refractivity contribution is 5.81. The van der Waals surface area contributed by atoms with Gasteiger partial charge in [-0.25, -0.2) is 0 Å². The van der Waals surface area contributed by atoms with Crippen LogP contribution >= 0.6 is 0 Å². The van der Waals surface area contributed by atoms with Crippen LogP contribution in [0.3, 0.4) is 0 Å². The molecule has 0 saturated heterocycles. The molecule has 0 aromatic carbocycles. The molecule has 2 nitrogen and oxygen atoms in total. The van der Waals surface area contributed by atoms with Gasteiger partial charge in [0.15, 0.2) is 0 Å². The summed E-state index contributed by atoms with van der Waals surface area (Å²) in [4.78, 5) is 21.6. The maximum atomic E-state index is 11.1. The van der Waals surface area contributed by atoms with Crippen molar-refractivity contribution in [3.8, 4) is 0 Å². The normalized spacial score (nSPS) is 9.50. The lowest BCUT2D eigenvalue weighted by atomic mass is 10.1. The molecule has 0 aromatic rings. The van der Waals surface area contributed by atoms with E-state index in [9.17, 15) is 9.59 Å². The zero-order valence-electron chi connectivity index (χ0n) is 7.85. The fourth-order valence-corrected chi connectivity index (χ4v) is 0.959. The van der Waals surface area contributed by atoms with Crippen LogP contribution in [0, 0.1) is 0 Å². The van der Waals surface area contributed by atoms with Crippen LogP contribution in [-0.4, -0.2) is 11.6 Å².